The lowest BCUT2D eigenvalue weighted by Crippen LogP contribution is -2.25. The Hall–Kier alpha value is -1.69. The first kappa shape index (κ1) is 13.7. The summed E-state index contributed by atoms with van der Waals surface area (Å²) in [7, 11) is 0. The number of aryl methyl sites for hydroxylation is 1. The van der Waals surface area contributed by atoms with Gasteiger partial charge in [0.25, 0.3) is 5.69 Å². The van der Waals surface area contributed by atoms with Crippen molar-refractivity contribution < 1.29 is 14.8 Å². The van der Waals surface area contributed by atoms with Crippen LogP contribution in [0.2, 0.25) is 0 Å². The van der Waals surface area contributed by atoms with E-state index < -0.39 is 4.92 Å². The van der Waals surface area contributed by atoms with E-state index in [0.717, 1.165) is 25.7 Å². The van der Waals surface area contributed by atoms with Crippen molar-refractivity contribution in [3.8, 4) is 5.88 Å². The summed E-state index contributed by atoms with van der Waals surface area (Å²) >= 11 is 0. The summed E-state index contributed by atoms with van der Waals surface area (Å²) in [6.45, 7) is 1.88. The number of aromatic nitrogens is 1. The Balaban J connectivity index is 2.00. The number of aliphatic hydroxyl groups excluding tert-OH is 1. The van der Waals surface area contributed by atoms with E-state index in [1.54, 1.807) is 6.92 Å². The monoisotopic (exact) mass is 266 g/mol. The maximum atomic E-state index is 10.8. The quantitative estimate of drug-likeness (QED) is 0.667. The molecule has 1 heterocycles. The summed E-state index contributed by atoms with van der Waals surface area (Å²) in [6.07, 6.45) is 5.07. The molecule has 104 valence electrons. The zero-order chi connectivity index (χ0) is 13.8. The second-order valence-electron chi connectivity index (χ2n) is 5.01. The number of nitrogens with zero attached hydrogens (tertiary/aromatic N) is 2. The summed E-state index contributed by atoms with van der Waals surface area (Å²) < 4.78 is 5.70. The Labute approximate surface area is 111 Å². The van der Waals surface area contributed by atoms with Gasteiger partial charge in [-0.15, -0.1) is 0 Å². The van der Waals surface area contributed by atoms with Crippen LogP contribution in [0, 0.1) is 23.0 Å². The molecule has 0 amide bonds. The molecular weight excluding hydrogens is 248 g/mol. The Morgan fingerprint density at radius 2 is 2.16 bits per heavy atom. The molecule has 6 nitrogen and oxygen atoms in total. The molecule has 0 aliphatic heterocycles. The molecule has 0 aromatic carbocycles. The summed E-state index contributed by atoms with van der Waals surface area (Å²) in [5.74, 6) is 0.671. The predicted molar refractivity (Wildman–Crippen MR) is 69.1 cm³/mol. The smallest absolute Gasteiger partial charge is 0.279 e. The topological polar surface area (TPSA) is 85.5 Å². The minimum absolute atomic E-state index is 0.0362. The third-order valence-corrected chi connectivity index (χ3v) is 3.59. The molecule has 1 aliphatic rings. The number of pyridine rings is 1. The Bertz CT molecular complexity index is 456. The highest BCUT2D eigenvalue weighted by Gasteiger charge is 2.23. The van der Waals surface area contributed by atoms with Crippen molar-refractivity contribution in [3.05, 3.63) is 27.9 Å². The lowest BCUT2D eigenvalue weighted by molar-refractivity contribution is -0.385. The van der Waals surface area contributed by atoms with Crippen molar-refractivity contribution in [1.29, 1.82) is 0 Å². The average Bonchev–Trinajstić information content (AvgIpc) is 2.41. The van der Waals surface area contributed by atoms with Gasteiger partial charge >= 0.3 is 0 Å². The van der Waals surface area contributed by atoms with Gasteiger partial charge in [0.1, 0.15) is 6.10 Å². The fourth-order valence-electron chi connectivity index (χ4n) is 2.36. The number of rotatable bonds is 4. The highest BCUT2D eigenvalue weighted by molar-refractivity contribution is 5.40. The predicted octanol–water partition coefficient (Wildman–Crippen LogP) is 2.23. The highest BCUT2D eigenvalue weighted by atomic mass is 16.6. The minimum Gasteiger partial charge on any atom is -0.474 e. The van der Waals surface area contributed by atoms with E-state index in [-0.39, 0.29) is 18.4 Å². The van der Waals surface area contributed by atoms with Crippen LogP contribution in [-0.4, -0.2) is 27.7 Å². The van der Waals surface area contributed by atoms with Crippen molar-refractivity contribution in [2.75, 3.05) is 6.61 Å². The van der Waals surface area contributed by atoms with Crippen LogP contribution in [0.15, 0.2) is 12.3 Å². The normalized spacial score (nSPS) is 23.1. The van der Waals surface area contributed by atoms with E-state index in [2.05, 4.69) is 4.98 Å². The van der Waals surface area contributed by atoms with Gasteiger partial charge < -0.3 is 9.84 Å². The number of aliphatic hydroxyl groups is 1. The second-order valence-corrected chi connectivity index (χ2v) is 5.01. The molecule has 1 aliphatic carbocycles. The first-order chi connectivity index (χ1) is 9.10. The van der Waals surface area contributed by atoms with Crippen LogP contribution in [-0.2, 0) is 0 Å². The zero-order valence-electron chi connectivity index (χ0n) is 10.9. The third-order valence-electron chi connectivity index (χ3n) is 3.59. The summed E-state index contributed by atoms with van der Waals surface area (Å²) in [4.78, 5) is 14.5. The van der Waals surface area contributed by atoms with Crippen molar-refractivity contribution in [3.63, 3.8) is 0 Å². The SMILES string of the molecule is Cc1cnc(OC2CCC(CO)CC2)cc1[N+](=O)[O-]. The second kappa shape index (κ2) is 5.97. The molecule has 0 radical (unpaired) electrons. The zero-order valence-corrected chi connectivity index (χ0v) is 10.9. The maximum absolute atomic E-state index is 10.8. The van der Waals surface area contributed by atoms with E-state index in [0.29, 0.717) is 17.4 Å². The molecule has 0 atom stereocenters. The van der Waals surface area contributed by atoms with Gasteiger partial charge in [-0.25, -0.2) is 4.98 Å². The van der Waals surface area contributed by atoms with Gasteiger partial charge in [0.15, 0.2) is 0 Å². The van der Waals surface area contributed by atoms with Gasteiger partial charge in [-0.05, 0) is 38.5 Å². The fourth-order valence-corrected chi connectivity index (χ4v) is 2.36. The molecule has 19 heavy (non-hydrogen) atoms. The molecule has 1 aromatic rings. The molecule has 1 N–H and O–H groups in total. The average molecular weight is 266 g/mol. The van der Waals surface area contributed by atoms with E-state index in [4.69, 9.17) is 9.84 Å². The van der Waals surface area contributed by atoms with Crippen molar-refractivity contribution in [2.45, 2.75) is 38.7 Å². The van der Waals surface area contributed by atoms with Gasteiger partial charge in [-0.1, -0.05) is 0 Å². The maximum Gasteiger partial charge on any atom is 0.279 e. The van der Waals surface area contributed by atoms with Crippen molar-refractivity contribution in [2.24, 2.45) is 5.92 Å². The molecule has 0 saturated heterocycles. The van der Waals surface area contributed by atoms with Crippen LogP contribution in [0.3, 0.4) is 0 Å². The van der Waals surface area contributed by atoms with Gasteiger partial charge in [-0.2, -0.15) is 0 Å². The van der Waals surface area contributed by atoms with Crippen LogP contribution < -0.4 is 4.74 Å². The van der Waals surface area contributed by atoms with Crippen LogP contribution in [0.1, 0.15) is 31.2 Å². The van der Waals surface area contributed by atoms with Crippen molar-refractivity contribution >= 4 is 5.69 Å². The van der Waals surface area contributed by atoms with Gasteiger partial charge in [0, 0.05) is 18.4 Å². The summed E-state index contributed by atoms with van der Waals surface area (Å²) in [5, 5.41) is 19.9. The molecule has 6 heteroatoms. The highest BCUT2D eigenvalue weighted by Crippen LogP contribution is 2.28. The van der Waals surface area contributed by atoms with Gasteiger partial charge in [0.2, 0.25) is 5.88 Å². The van der Waals surface area contributed by atoms with E-state index in [1.807, 2.05) is 0 Å². The Kier molecular flexibility index (Phi) is 4.31. The van der Waals surface area contributed by atoms with Crippen LogP contribution in [0.5, 0.6) is 5.88 Å². The molecular formula is C13H18N2O4. The van der Waals surface area contributed by atoms with Gasteiger partial charge in [0.05, 0.1) is 11.0 Å². The molecule has 1 fully saturated rings. The largest absolute Gasteiger partial charge is 0.474 e. The first-order valence-electron chi connectivity index (χ1n) is 6.48. The number of nitro groups is 1. The number of ether oxygens (including phenoxy) is 1. The molecule has 1 saturated carbocycles. The van der Waals surface area contributed by atoms with Crippen molar-refractivity contribution in [1.82, 2.24) is 4.98 Å². The van der Waals surface area contributed by atoms with Gasteiger partial charge in [-0.3, -0.25) is 10.1 Å². The summed E-state index contributed by atoms with van der Waals surface area (Å²) in [5.41, 5.74) is 0.565. The lowest BCUT2D eigenvalue weighted by atomic mass is 9.88. The molecule has 1 aromatic heterocycles. The molecule has 0 spiro atoms. The van der Waals surface area contributed by atoms with Crippen LogP contribution >= 0.6 is 0 Å². The standard InChI is InChI=1S/C13H18N2O4/c1-9-7-14-13(6-12(9)15(17)18)19-11-4-2-10(8-16)3-5-11/h6-7,10-11,16H,2-5,8H2,1H3. The lowest BCUT2D eigenvalue weighted by Gasteiger charge is -2.27. The van der Waals surface area contributed by atoms with E-state index in [9.17, 15) is 10.1 Å². The van der Waals surface area contributed by atoms with E-state index >= 15 is 0 Å². The fraction of sp³-hybridized carbons (Fsp3) is 0.615. The number of hydrogen-bond donors (Lipinski definition) is 1. The molecule has 0 bridgehead atoms. The Morgan fingerprint density at radius 3 is 2.74 bits per heavy atom. The van der Waals surface area contributed by atoms with Crippen LogP contribution in [0.25, 0.3) is 0 Å². The van der Waals surface area contributed by atoms with E-state index in [1.165, 1.54) is 12.3 Å². The van der Waals surface area contributed by atoms with Crippen LogP contribution in [0.4, 0.5) is 5.69 Å². The Morgan fingerprint density at radius 1 is 1.47 bits per heavy atom. The first-order valence-corrected chi connectivity index (χ1v) is 6.48. The minimum atomic E-state index is -0.424. The number of hydrogen-bond acceptors (Lipinski definition) is 5. The third kappa shape index (κ3) is 3.41. The summed E-state index contributed by atoms with van der Waals surface area (Å²) in [6, 6.07) is 1.38. The molecule has 2 rings (SSSR count). The molecule has 0 unspecified atom stereocenters.